The molecular formula is C11H14N4OS. The first kappa shape index (κ1) is 11.9. The average Bonchev–Trinajstić information content (AvgIpc) is 2.28. The van der Waals surface area contributed by atoms with Crippen LogP contribution in [0.2, 0.25) is 0 Å². The highest BCUT2D eigenvalue weighted by atomic mass is 32.2. The maximum atomic E-state index is 11.4. The van der Waals surface area contributed by atoms with Gasteiger partial charge in [0.25, 0.3) is 11.5 Å². The first-order chi connectivity index (χ1) is 8.20. The summed E-state index contributed by atoms with van der Waals surface area (Å²) in [7, 11) is 0. The number of benzene rings is 1. The molecule has 5 nitrogen and oxygen atoms in total. The number of aromatic nitrogens is 3. The molecule has 0 spiro atoms. The maximum absolute atomic E-state index is 11.4. The van der Waals surface area contributed by atoms with Gasteiger partial charge in [-0.1, -0.05) is 13.3 Å². The number of thioether (sulfide) groups is 1. The molecule has 0 saturated heterocycles. The van der Waals surface area contributed by atoms with E-state index in [9.17, 15) is 5.21 Å². The third-order valence-corrected chi connectivity index (χ3v) is 3.43. The van der Waals surface area contributed by atoms with Crippen molar-refractivity contribution in [1.29, 1.82) is 0 Å². The third kappa shape index (κ3) is 2.76. The molecule has 1 aromatic carbocycles. The van der Waals surface area contributed by atoms with Crippen molar-refractivity contribution in [1.82, 2.24) is 10.1 Å². The number of unbranched alkanes of at least 4 members (excludes halogenated alkanes) is 1. The molecule has 1 heterocycles. The van der Waals surface area contributed by atoms with Gasteiger partial charge in [-0.2, -0.15) is 0 Å². The fourth-order valence-electron chi connectivity index (χ4n) is 1.47. The van der Waals surface area contributed by atoms with E-state index in [0.29, 0.717) is 15.9 Å². The molecule has 0 unspecified atom stereocenters. The number of fused-ring (bicyclic) bond motifs is 1. The van der Waals surface area contributed by atoms with E-state index in [4.69, 9.17) is 5.73 Å². The summed E-state index contributed by atoms with van der Waals surface area (Å²) in [6.07, 6.45) is 2.35. The van der Waals surface area contributed by atoms with Crippen molar-refractivity contribution in [2.45, 2.75) is 24.7 Å². The molecule has 1 aromatic heterocycles. The zero-order valence-corrected chi connectivity index (χ0v) is 10.4. The zero-order valence-electron chi connectivity index (χ0n) is 9.59. The quantitative estimate of drug-likeness (QED) is 0.387. The van der Waals surface area contributed by atoms with E-state index < -0.39 is 0 Å². The van der Waals surface area contributed by atoms with Crippen LogP contribution in [0.25, 0.3) is 11.0 Å². The normalized spacial score (nSPS) is 10.9. The summed E-state index contributed by atoms with van der Waals surface area (Å²) in [6.45, 7) is 2.16. The first-order valence-corrected chi connectivity index (χ1v) is 6.49. The van der Waals surface area contributed by atoms with E-state index in [1.54, 1.807) is 17.8 Å². The van der Waals surface area contributed by atoms with Crippen LogP contribution in [-0.4, -0.2) is 15.8 Å². The van der Waals surface area contributed by atoms with Crippen molar-refractivity contribution < 1.29 is 4.85 Å². The molecule has 0 aliphatic rings. The lowest BCUT2D eigenvalue weighted by Gasteiger charge is -2.02. The van der Waals surface area contributed by atoms with Crippen LogP contribution >= 0.6 is 11.8 Å². The summed E-state index contributed by atoms with van der Waals surface area (Å²) < 4.78 is 0. The van der Waals surface area contributed by atoms with Crippen LogP contribution in [-0.2, 0) is 0 Å². The summed E-state index contributed by atoms with van der Waals surface area (Å²) in [4.78, 5) is 5.67. The van der Waals surface area contributed by atoms with Gasteiger partial charge in [0, 0.05) is 11.0 Å². The highest BCUT2D eigenvalue weighted by Crippen LogP contribution is 2.22. The van der Waals surface area contributed by atoms with Crippen LogP contribution in [0.4, 0.5) is 5.95 Å². The second-order valence-electron chi connectivity index (χ2n) is 3.70. The molecule has 0 aliphatic carbocycles. The molecule has 0 amide bonds. The fraction of sp³-hybridized carbons (Fsp3) is 0.364. The average molecular weight is 250 g/mol. The molecular weight excluding hydrogens is 236 g/mol. The van der Waals surface area contributed by atoms with Gasteiger partial charge in [0.2, 0.25) is 0 Å². The Kier molecular flexibility index (Phi) is 3.63. The fourth-order valence-corrected chi connectivity index (χ4v) is 2.50. The van der Waals surface area contributed by atoms with Gasteiger partial charge in [-0.25, -0.2) is 4.98 Å². The lowest BCUT2D eigenvalue weighted by atomic mass is 10.3. The predicted octanol–water partition coefficient (Wildman–Crippen LogP) is 1.74. The van der Waals surface area contributed by atoms with E-state index >= 15 is 0 Å². The van der Waals surface area contributed by atoms with Crippen molar-refractivity contribution >= 4 is 28.7 Å². The summed E-state index contributed by atoms with van der Waals surface area (Å²) in [5.41, 5.74) is 6.48. The van der Waals surface area contributed by atoms with Gasteiger partial charge in [0.1, 0.15) is 5.52 Å². The van der Waals surface area contributed by atoms with Crippen molar-refractivity contribution in [2.75, 3.05) is 11.5 Å². The Hall–Kier alpha value is -1.56. The Labute approximate surface area is 104 Å². The summed E-state index contributed by atoms with van der Waals surface area (Å²) in [5, 5.41) is 15.0. The van der Waals surface area contributed by atoms with Crippen molar-refractivity contribution in [3.05, 3.63) is 23.4 Å². The molecule has 17 heavy (non-hydrogen) atoms. The smallest absolute Gasteiger partial charge is 0.288 e. The number of hydrogen-bond acceptors (Lipinski definition) is 5. The number of anilines is 1. The molecule has 0 fully saturated rings. The SMILES string of the molecule is CCCCSc1ccc2c(c1)nc(N)n[n+]2[O-]. The Bertz CT molecular complexity index is 532. The first-order valence-electron chi connectivity index (χ1n) is 5.50. The molecule has 0 bridgehead atoms. The van der Waals surface area contributed by atoms with Crippen LogP contribution in [0.3, 0.4) is 0 Å². The van der Waals surface area contributed by atoms with Crippen molar-refractivity contribution in [3.63, 3.8) is 0 Å². The summed E-state index contributed by atoms with van der Waals surface area (Å²) in [6, 6.07) is 5.52. The molecule has 0 atom stereocenters. The third-order valence-electron chi connectivity index (χ3n) is 2.35. The molecule has 90 valence electrons. The van der Waals surface area contributed by atoms with E-state index in [1.807, 2.05) is 12.1 Å². The van der Waals surface area contributed by atoms with Gasteiger partial charge >= 0.3 is 0 Å². The lowest BCUT2D eigenvalue weighted by Crippen LogP contribution is -2.33. The summed E-state index contributed by atoms with van der Waals surface area (Å²) in [5.74, 6) is 1.07. The van der Waals surface area contributed by atoms with Crippen LogP contribution in [0.5, 0.6) is 0 Å². The van der Waals surface area contributed by atoms with E-state index in [2.05, 4.69) is 17.0 Å². The van der Waals surface area contributed by atoms with E-state index in [-0.39, 0.29) is 5.95 Å². The number of nitrogens with zero attached hydrogens (tertiary/aromatic N) is 3. The van der Waals surface area contributed by atoms with E-state index in [0.717, 1.165) is 10.6 Å². The van der Waals surface area contributed by atoms with Gasteiger partial charge in [-0.3, -0.25) is 0 Å². The van der Waals surface area contributed by atoms with Gasteiger partial charge in [0.05, 0.1) is 5.10 Å². The molecule has 2 N–H and O–H groups in total. The standard InChI is InChI=1S/C11H14N4OS/c1-2-3-6-17-8-4-5-10-9(7-8)13-11(12)14-15(10)16/h4-5,7H,2-3,6H2,1H3,(H2,12,13,14). The van der Waals surface area contributed by atoms with Crippen LogP contribution in [0, 0.1) is 5.21 Å². The molecule has 2 rings (SSSR count). The van der Waals surface area contributed by atoms with Gasteiger partial charge in [-0.05, 0) is 29.2 Å². The minimum absolute atomic E-state index is 0.00297. The molecule has 2 aromatic rings. The molecule has 0 radical (unpaired) electrons. The number of hydrogen-bond donors (Lipinski definition) is 1. The Morgan fingerprint density at radius 1 is 1.47 bits per heavy atom. The van der Waals surface area contributed by atoms with Crippen molar-refractivity contribution in [3.8, 4) is 0 Å². The highest BCUT2D eigenvalue weighted by Gasteiger charge is 2.09. The Balaban J connectivity index is 2.30. The van der Waals surface area contributed by atoms with Gasteiger partial charge in [-0.15, -0.1) is 11.8 Å². The van der Waals surface area contributed by atoms with Crippen LogP contribution in [0.1, 0.15) is 19.8 Å². The number of nitrogen functional groups attached to an aromatic ring is 1. The minimum atomic E-state index is 0.00297. The largest absolute Gasteiger partial charge is 0.594 e. The molecule has 0 saturated carbocycles. The monoisotopic (exact) mass is 250 g/mol. The van der Waals surface area contributed by atoms with Crippen LogP contribution < -0.4 is 10.6 Å². The Morgan fingerprint density at radius 2 is 2.29 bits per heavy atom. The topological polar surface area (TPSA) is 78.7 Å². The lowest BCUT2D eigenvalue weighted by molar-refractivity contribution is -0.641. The zero-order chi connectivity index (χ0) is 12.3. The van der Waals surface area contributed by atoms with Gasteiger partial charge < -0.3 is 10.9 Å². The highest BCUT2D eigenvalue weighted by molar-refractivity contribution is 7.99. The predicted molar refractivity (Wildman–Crippen MR) is 68.5 cm³/mol. The molecule has 0 aliphatic heterocycles. The second-order valence-corrected chi connectivity index (χ2v) is 4.86. The summed E-state index contributed by atoms with van der Waals surface area (Å²) >= 11 is 1.76. The maximum Gasteiger partial charge on any atom is 0.288 e. The Morgan fingerprint density at radius 3 is 3.06 bits per heavy atom. The minimum Gasteiger partial charge on any atom is -0.594 e. The van der Waals surface area contributed by atoms with Gasteiger partial charge in [0.15, 0.2) is 0 Å². The van der Waals surface area contributed by atoms with Crippen molar-refractivity contribution in [2.24, 2.45) is 0 Å². The molecule has 6 heteroatoms. The van der Waals surface area contributed by atoms with Crippen LogP contribution in [0.15, 0.2) is 23.1 Å². The number of rotatable bonds is 4. The van der Waals surface area contributed by atoms with E-state index in [1.165, 1.54) is 12.8 Å². The second kappa shape index (κ2) is 5.18. The number of nitrogens with two attached hydrogens (primary N) is 1.